The first kappa shape index (κ1) is 11.9. The van der Waals surface area contributed by atoms with Crippen molar-refractivity contribution >= 4 is 17.6 Å². The molecule has 0 unspecified atom stereocenters. The van der Waals surface area contributed by atoms with Gasteiger partial charge in [-0.05, 0) is 24.3 Å². The molecule has 90 valence electrons. The molecule has 2 N–H and O–H groups in total. The first-order valence-corrected chi connectivity index (χ1v) is 6.00. The summed E-state index contributed by atoms with van der Waals surface area (Å²) in [5.41, 5.74) is 5.46. The number of nitrogen functional groups attached to an aromatic ring is 1. The monoisotopic (exact) mass is 255 g/mol. The van der Waals surface area contributed by atoms with Crippen molar-refractivity contribution in [2.24, 2.45) is 0 Å². The van der Waals surface area contributed by atoms with Gasteiger partial charge in [0.15, 0.2) is 0 Å². The standard InChI is InChI=1S/C11H11F2N3S/c12-8-1-2-9(13)10(7-8)17-6-5-16-4-3-11(14)15-16/h1-4,7H,5-6H2,(H2,14,15). The second-order valence-electron chi connectivity index (χ2n) is 3.43. The molecule has 0 aliphatic carbocycles. The number of anilines is 1. The molecule has 2 aromatic rings. The van der Waals surface area contributed by atoms with Crippen LogP contribution >= 0.6 is 11.8 Å². The Hall–Kier alpha value is -1.56. The summed E-state index contributed by atoms with van der Waals surface area (Å²) in [5, 5.41) is 4.00. The first-order chi connectivity index (χ1) is 8.15. The molecule has 2 rings (SSSR count). The second-order valence-corrected chi connectivity index (χ2v) is 4.56. The minimum atomic E-state index is -0.433. The van der Waals surface area contributed by atoms with Crippen LogP contribution in [0.25, 0.3) is 0 Å². The number of rotatable bonds is 4. The van der Waals surface area contributed by atoms with Crippen LogP contribution in [-0.2, 0) is 6.54 Å². The molecule has 0 aliphatic heterocycles. The molecule has 6 heteroatoms. The lowest BCUT2D eigenvalue weighted by molar-refractivity contribution is 0.576. The maximum Gasteiger partial charge on any atom is 0.145 e. The largest absolute Gasteiger partial charge is 0.382 e. The van der Waals surface area contributed by atoms with Gasteiger partial charge in [0, 0.05) is 16.8 Å². The molecule has 17 heavy (non-hydrogen) atoms. The highest BCUT2D eigenvalue weighted by Crippen LogP contribution is 2.22. The van der Waals surface area contributed by atoms with Gasteiger partial charge in [0.2, 0.25) is 0 Å². The third-order valence-corrected chi connectivity index (χ3v) is 3.14. The lowest BCUT2D eigenvalue weighted by atomic mass is 10.3. The van der Waals surface area contributed by atoms with Gasteiger partial charge in [-0.15, -0.1) is 11.8 Å². The molecular formula is C11H11F2N3S. The van der Waals surface area contributed by atoms with Crippen molar-refractivity contribution in [3.8, 4) is 0 Å². The maximum absolute atomic E-state index is 13.3. The summed E-state index contributed by atoms with van der Waals surface area (Å²) >= 11 is 1.25. The van der Waals surface area contributed by atoms with E-state index in [-0.39, 0.29) is 0 Å². The SMILES string of the molecule is Nc1ccn(CCSc2cc(F)ccc2F)n1. The predicted octanol–water partition coefficient (Wildman–Crippen LogP) is 2.54. The molecule has 0 spiro atoms. The number of thioether (sulfide) groups is 1. The molecule has 0 amide bonds. The molecule has 0 fully saturated rings. The molecule has 3 nitrogen and oxygen atoms in total. The summed E-state index contributed by atoms with van der Waals surface area (Å²) in [6, 6.07) is 5.11. The van der Waals surface area contributed by atoms with E-state index < -0.39 is 11.6 Å². The van der Waals surface area contributed by atoms with Gasteiger partial charge in [-0.3, -0.25) is 4.68 Å². The average Bonchev–Trinajstić information content (AvgIpc) is 2.69. The Balaban J connectivity index is 1.91. The number of halogens is 2. The van der Waals surface area contributed by atoms with Crippen LogP contribution in [0, 0.1) is 11.6 Å². The van der Waals surface area contributed by atoms with Crippen molar-refractivity contribution in [2.75, 3.05) is 11.5 Å². The summed E-state index contributed by atoms with van der Waals surface area (Å²) in [7, 11) is 0. The van der Waals surface area contributed by atoms with Crippen molar-refractivity contribution < 1.29 is 8.78 Å². The summed E-state index contributed by atoms with van der Waals surface area (Å²) in [6.07, 6.45) is 1.75. The van der Waals surface area contributed by atoms with E-state index in [2.05, 4.69) is 5.10 Å². The highest BCUT2D eigenvalue weighted by atomic mass is 32.2. The summed E-state index contributed by atoms with van der Waals surface area (Å²) in [5.74, 6) is 0.210. The van der Waals surface area contributed by atoms with Crippen LogP contribution in [0.3, 0.4) is 0 Å². The predicted molar refractivity (Wildman–Crippen MR) is 63.7 cm³/mol. The van der Waals surface area contributed by atoms with Crippen molar-refractivity contribution in [1.82, 2.24) is 9.78 Å². The maximum atomic E-state index is 13.3. The fraction of sp³-hybridized carbons (Fsp3) is 0.182. The molecule has 0 saturated heterocycles. The molecule has 1 aromatic heterocycles. The van der Waals surface area contributed by atoms with Crippen LogP contribution in [0.5, 0.6) is 0 Å². The molecule has 1 aromatic carbocycles. The van der Waals surface area contributed by atoms with Crippen LogP contribution < -0.4 is 5.73 Å². The van der Waals surface area contributed by atoms with Gasteiger partial charge in [0.1, 0.15) is 17.5 Å². The van der Waals surface area contributed by atoms with Gasteiger partial charge < -0.3 is 5.73 Å². The van der Waals surface area contributed by atoms with E-state index in [9.17, 15) is 8.78 Å². The van der Waals surface area contributed by atoms with Crippen molar-refractivity contribution in [2.45, 2.75) is 11.4 Å². The Labute approximate surface area is 102 Å². The molecular weight excluding hydrogens is 244 g/mol. The Morgan fingerprint density at radius 2 is 2.12 bits per heavy atom. The fourth-order valence-electron chi connectivity index (χ4n) is 1.34. The highest BCUT2D eigenvalue weighted by Gasteiger charge is 2.04. The van der Waals surface area contributed by atoms with E-state index in [1.165, 1.54) is 17.8 Å². The van der Waals surface area contributed by atoms with E-state index in [0.29, 0.717) is 23.0 Å². The molecule has 0 saturated carbocycles. The lowest BCUT2D eigenvalue weighted by Gasteiger charge is -2.03. The number of aryl methyl sites for hydroxylation is 1. The highest BCUT2D eigenvalue weighted by molar-refractivity contribution is 7.99. The number of nitrogens with two attached hydrogens (primary N) is 1. The minimum Gasteiger partial charge on any atom is -0.382 e. The normalized spacial score (nSPS) is 10.7. The van der Waals surface area contributed by atoms with E-state index in [4.69, 9.17) is 5.73 Å². The second kappa shape index (κ2) is 5.18. The summed E-state index contributed by atoms with van der Waals surface area (Å²) < 4.78 is 27.8. The van der Waals surface area contributed by atoms with E-state index in [1.807, 2.05) is 0 Å². The van der Waals surface area contributed by atoms with E-state index in [0.717, 1.165) is 12.1 Å². The summed E-state index contributed by atoms with van der Waals surface area (Å²) in [6.45, 7) is 0.595. The van der Waals surface area contributed by atoms with Crippen molar-refractivity contribution in [3.05, 3.63) is 42.1 Å². The lowest BCUT2D eigenvalue weighted by Crippen LogP contribution is -2.02. The zero-order valence-electron chi connectivity index (χ0n) is 8.94. The van der Waals surface area contributed by atoms with E-state index in [1.54, 1.807) is 16.9 Å². The van der Waals surface area contributed by atoms with Gasteiger partial charge in [-0.2, -0.15) is 5.10 Å². The average molecular weight is 255 g/mol. The third kappa shape index (κ3) is 3.20. The number of benzene rings is 1. The van der Waals surface area contributed by atoms with Crippen molar-refractivity contribution in [3.63, 3.8) is 0 Å². The molecule has 1 heterocycles. The fourth-order valence-corrected chi connectivity index (χ4v) is 2.24. The zero-order valence-corrected chi connectivity index (χ0v) is 9.75. The third-order valence-electron chi connectivity index (χ3n) is 2.13. The number of hydrogen-bond donors (Lipinski definition) is 1. The quantitative estimate of drug-likeness (QED) is 0.854. The van der Waals surface area contributed by atoms with Gasteiger partial charge >= 0.3 is 0 Å². The van der Waals surface area contributed by atoms with Gasteiger partial charge in [0.25, 0.3) is 0 Å². The smallest absolute Gasteiger partial charge is 0.145 e. The van der Waals surface area contributed by atoms with Gasteiger partial charge in [-0.1, -0.05) is 0 Å². The van der Waals surface area contributed by atoms with Gasteiger partial charge in [-0.25, -0.2) is 8.78 Å². The molecule has 0 bridgehead atoms. The van der Waals surface area contributed by atoms with Crippen LogP contribution in [0.4, 0.5) is 14.6 Å². The Kier molecular flexibility index (Phi) is 3.63. The topological polar surface area (TPSA) is 43.8 Å². The summed E-state index contributed by atoms with van der Waals surface area (Å²) in [4.78, 5) is 0.310. The van der Waals surface area contributed by atoms with Crippen molar-refractivity contribution in [1.29, 1.82) is 0 Å². The van der Waals surface area contributed by atoms with Crippen LogP contribution in [0.1, 0.15) is 0 Å². The number of hydrogen-bond acceptors (Lipinski definition) is 3. The number of nitrogens with zero attached hydrogens (tertiary/aromatic N) is 2. The zero-order chi connectivity index (χ0) is 12.3. The molecule has 0 radical (unpaired) electrons. The van der Waals surface area contributed by atoms with Crippen LogP contribution in [-0.4, -0.2) is 15.5 Å². The molecule has 0 aliphatic rings. The number of aromatic nitrogens is 2. The Morgan fingerprint density at radius 3 is 2.82 bits per heavy atom. The van der Waals surface area contributed by atoms with Gasteiger partial charge in [0.05, 0.1) is 6.54 Å². The van der Waals surface area contributed by atoms with Crippen LogP contribution in [0.2, 0.25) is 0 Å². The van der Waals surface area contributed by atoms with Crippen LogP contribution in [0.15, 0.2) is 35.4 Å². The van der Waals surface area contributed by atoms with E-state index >= 15 is 0 Å². The Bertz CT molecular complexity index is 513. The Morgan fingerprint density at radius 1 is 1.29 bits per heavy atom. The first-order valence-electron chi connectivity index (χ1n) is 5.02. The minimum absolute atomic E-state index is 0.310. The molecule has 0 atom stereocenters.